The summed E-state index contributed by atoms with van der Waals surface area (Å²) in [5.74, 6) is -0.569. The number of carbonyl (C=O) groups is 1. The lowest BCUT2D eigenvalue weighted by Gasteiger charge is -2.19. The second-order valence-electron chi connectivity index (χ2n) is 6.43. The molecule has 0 aromatic heterocycles. The summed E-state index contributed by atoms with van der Waals surface area (Å²) in [5, 5.41) is 3.73. The van der Waals surface area contributed by atoms with E-state index >= 15 is 0 Å². The third kappa shape index (κ3) is 5.97. The number of benzene rings is 3. The standard InChI is InChI=1S/C21H17Cl3N2O3S/c22-15-6-9-17(10-7-15)30(28,29)26-20(12-14-4-2-1-3-5-14)21(27)25-19-13-16(23)8-11-18(19)24/h1-11,13,20,26H,12H2,(H,25,27)/t20-/m1/s1. The molecule has 0 saturated heterocycles. The van der Waals surface area contributed by atoms with Crippen LogP contribution in [0.4, 0.5) is 5.69 Å². The highest BCUT2D eigenvalue weighted by Gasteiger charge is 2.26. The average Bonchev–Trinajstić information content (AvgIpc) is 2.71. The summed E-state index contributed by atoms with van der Waals surface area (Å²) in [6.07, 6.45) is 0.137. The highest BCUT2D eigenvalue weighted by molar-refractivity contribution is 7.89. The van der Waals surface area contributed by atoms with E-state index in [1.807, 2.05) is 30.3 Å². The Labute approximate surface area is 190 Å². The first-order chi connectivity index (χ1) is 14.2. The molecular formula is C21H17Cl3N2O3S. The fourth-order valence-corrected chi connectivity index (χ4v) is 4.38. The third-order valence-electron chi connectivity index (χ3n) is 4.21. The van der Waals surface area contributed by atoms with Crippen LogP contribution in [0.2, 0.25) is 15.1 Å². The quantitative estimate of drug-likeness (QED) is 0.486. The molecule has 0 aliphatic rings. The molecule has 0 bridgehead atoms. The van der Waals surface area contributed by atoms with Crippen molar-refractivity contribution in [2.45, 2.75) is 17.4 Å². The minimum atomic E-state index is -3.98. The summed E-state index contributed by atoms with van der Waals surface area (Å²) in [6, 6.07) is 18.3. The van der Waals surface area contributed by atoms with Crippen LogP contribution < -0.4 is 10.0 Å². The Morgan fingerprint density at radius 3 is 2.17 bits per heavy atom. The molecule has 0 fully saturated rings. The van der Waals surface area contributed by atoms with Gasteiger partial charge in [0.1, 0.15) is 6.04 Å². The number of sulfonamides is 1. The molecule has 0 radical (unpaired) electrons. The van der Waals surface area contributed by atoms with Crippen LogP contribution in [0.1, 0.15) is 5.56 Å². The van der Waals surface area contributed by atoms with Crippen molar-refractivity contribution in [3.8, 4) is 0 Å². The molecular weight excluding hydrogens is 467 g/mol. The summed E-state index contributed by atoms with van der Waals surface area (Å²) in [6.45, 7) is 0. The zero-order valence-electron chi connectivity index (χ0n) is 15.5. The second kappa shape index (κ2) is 9.81. The molecule has 1 atom stereocenters. The zero-order valence-corrected chi connectivity index (χ0v) is 18.6. The van der Waals surface area contributed by atoms with Crippen LogP contribution in [0.3, 0.4) is 0 Å². The SMILES string of the molecule is O=C(Nc1cc(Cl)ccc1Cl)[C@@H](Cc1ccccc1)NS(=O)(=O)c1ccc(Cl)cc1. The average molecular weight is 484 g/mol. The van der Waals surface area contributed by atoms with Crippen molar-refractivity contribution in [2.75, 3.05) is 5.32 Å². The van der Waals surface area contributed by atoms with Gasteiger partial charge in [0, 0.05) is 10.0 Å². The molecule has 1 amide bonds. The molecule has 30 heavy (non-hydrogen) atoms. The van der Waals surface area contributed by atoms with Crippen molar-refractivity contribution in [1.29, 1.82) is 0 Å². The molecule has 0 spiro atoms. The lowest BCUT2D eigenvalue weighted by atomic mass is 10.1. The van der Waals surface area contributed by atoms with Gasteiger partial charge in [0.15, 0.2) is 0 Å². The van der Waals surface area contributed by atoms with Gasteiger partial charge in [0.25, 0.3) is 0 Å². The van der Waals surface area contributed by atoms with Gasteiger partial charge in [-0.05, 0) is 54.4 Å². The van der Waals surface area contributed by atoms with Crippen LogP contribution in [-0.4, -0.2) is 20.4 Å². The minimum absolute atomic E-state index is 0.00134. The zero-order chi connectivity index (χ0) is 21.7. The van der Waals surface area contributed by atoms with Crippen molar-refractivity contribution in [3.63, 3.8) is 0 Å². The van der Waals surface area contributed by atoms with Gasteiger partial charge in [-0.2, -0.15) is 4.72 Å². The maximum absolute atomic E-state index is 13.0. The molecule has 3 aromatic carbocycles. The van der Waals surface area contributed by atoms with Gasteiger partial charge in [0.05, 0.1) is 15.6 Å². The Morgan fingerprint density at radius 2 is 1.50 bits per heavy atom. The number of hydrogen-bond donors (Lipinski definition) is 2. The highest BCUT2D eigenvalue weighted by Crippen LogP contribution is 2.26. The van der Waals surface area contributed by atoms with Gasteiger partial charge >= 0.3 is 0 Å². The van der Waals surface area contributed by atoms with E-state index in [1.165, 1.54) is 30.3 Å². The molecule has 3 aromatic rings. The Kier molecular flexibility index (Phi) is 7.39. The first kappa shape index (κ1) is 22.6. The van der Waals surface area contributed by atoms with Crippen LogP contribution in [0.5, 0.6) is 0 Å². The first-order valence-electron chi connectivity index (χ1n) is 8.82. The lowest BCUT2D eigenvalue weighted by molar-refractivity contribution is -0.117. The van der Waals surface area contributed by atoms with E-state index in [9.17, 15) is 13.2 Å². The van der Waals surface area contributed by atoms with Crippen LogP contribution in [0.25, 0.3) is 0 Å². The minimum Gasteiger partial charge on any atom is -0.323 e. The van der Waals surface area contributed by atoms with Crippen molar-refractivity contribution in [1.82, 2.24) is 4.72 Å². The van der Waals surface area contributed by atoms with Gasteiger partial charge in [-0.25, -0.2) is 8.42 Å². The Morgan fingerprint density at radius 1 is 0.867 bits per heavy atom. The van der Waals surface area contributed by atoms with Crippen LogP contribution >= 0.6 is 34.8 Å². The highest BCUT2D eigenvalue weighted by atomic mass is 35.5. The van der Waals surface area contributed by atoms with E-state index in [4.69, 9.17) is 34.8 Å². The topological polar surface area (TPSA) is 75.3 Å². The summed E-state index contributed by atoms with van der Waals surface area (Å²) in [7, 11) is -3.98. The van der Waals surface area contributed by atoms with E-state index < -0.39 is 22.0 Å². The normalized spacial score (nSPS) is 12.4. The van der Waals surface area contributed by atoms with Crippen LogP contribution in [0.15, 0.2) is 77.7 Å². The molecule has 5 nitrogen and oxygen atoms in total. The Balaban J connectivity index is 1.88. The predicted octanol–water partition coefficient (Wildman–Crippen LogP) is 5.18. The number of nitrogens with one attached hydrogen (secondary N) is 2. The fourth-order valence-electron chi connectivity index (χ4n) is 2.72. The summed E-state index contributed by atoms with van der Waals surface area (Å²) >= 11 is 17.9. The van der Waals surface area contributed by atoms with E-state index in [-0.39, 0.29) is 22.0 Å². The molecule has 9 heteroatoms. The third-order valence-corrected chi connectivity index (χ3v) is 6.51. The van der Waals surface area contributed by atoms with E-state index in [0.29, 0.717) is 10.0 Å². The van der Waals surface area contributed by atoms with Gasteiger partial charge in [0.2, 0.25) is 15.9 Å². The lowest BCUT2D eigenvalue weighted by Crippen LogP contribution is -2.45. The Hall–Kier alpha value is -2.09. The first-order valence-corrected chi connectivity index (χ1v) is 11.4. The smallest absolute Gasteiger partial charge is 0.242 e. The van der Waals surface area contributed by atoms with E-state index in [0.717, 1.165) is 5.56 Å². The van der Waals surface area contributed by atoms with Crippen molar-refractivity contribution in [3.05, 3.63) is 93.4 Å². The molecule has 0 unspecified atom stereocenters. The maximum atomic E-state index is 13.0. The number of anilines is 1. The largest absolute Gasteiger partial charge is 0.323 e. The predicted molar refractivity (Wildman–Crippen MR) is 121 cm³/mol. The summed E-state index contributed by atoms with van der Waals surface area (Å²) in [4.78, 5) is 13.0. The summed E-state index contributed by atoms with van der Waals surface area (Å²) in [5.41, 5.74) is 1.08. The second-order valence-corrected chi connectivity index (χ2v) is 9.42. The molecule has 0 heterocycles. The fraction of sp³-hybridized carbons (Fsp3) is 0.0952. The van der Waals surface area contributed by atoms with Crippen molar-refractivity contribution < 1.29 is 13.2 Å². The van der Waals surface area contributed by atoms with Crippen LogP contribution in [0, 0.1) is 0 Å². The van der Waals surface area contributed by atoms with Gasteiger partial charge in [-0.3, -0.25) is 4.79 Å². The number of halogens is 3. The monoisotopic (exact) mass is 482 g/mol. The van der Waals surface area contributed by atoms with Gasteiger partial charge < -0.3 is 5.32 Å². The van der Waals surface area contributed by atoms with E-state index in [2.05, 4.69) is 10.0 Å². The van der Waals surface area contributed by atoms with Gasteiger partial charge in [-0.1, -0.05) is 65.1 Å². The Bertz CT molecular complexity index is 1140. The molecule has 156 valence electrons. The molecule has 2 N–H and O–H groups in total. The van der Waals surface area contributed by atoms with Gasteiger partial charge in [-0.15, -0.1) is 0 Å². The van der Waals surface area contributed by atoms with Crippen molar-refractivity contribution >= 4 is 56.4 Å². The van der Waals surface area contributed by atoms with Crippen LogP contribution in [-0.2, 0) is 21.2 Å². The molecule has 3 rings (SSSR count). The number of hydrogen-bond acceptors (Lipinski definition) is 3. The molecule has 0 aliphatic heterocycles. The van der Waals surface area contributed by atoms with E-state index in [1.54, 1.807) is 12.1 Å². The molecule has 0 saturated carbocycles. The molecule has 0 aliphatic carbocycles. The number of amides is 1. The maximum Gasteiger partial charge on any atom is 0.242 e. The number of carbonyl (C=O) groups excluding carboxylic acids is 1. The van der Waals surface area contributed by atoms with Crippen molar-refractivity contribution in [2.24, 2.45) is 0 Å². The number of rotatable bonds is 7. The summed E-state index contributed by atoms with van der Waals surface area (Å²) < 4.78 is 28.2.